The Hall–Kier alpha value is -2.16. The molecule has 2 unspecified atom stereocenters. The maximum Gasteiger partial charge on any atom is 0.419 e. The van der Waals surface area contributed by atoms with Gasteiger partial charge in [-0.05, 0) is 30.2 Å². The van der Waals surface area contributed by atoms with Crippen LogP contribution in [0.3, 0.4) is 0 Å². The Morgan fingerprint density at radius 2 is 1.90 bits per heavy atom. The van der Waals surface area contributed by atoms with Gasteiger partial charge in [-0.1, -0.05) is 13.8 Å². The lowest BCUT2D eigenvalue weighted by Crippen LogP contribution is -2.24. The fraction of sp³-hybridized carbons (Fsp3) is 0.600. The molecule has 1 aliphatic heterocycles. The van der Waals surface area contributed by atoms with E-state index in [2.05, 4.69) is 19.9 Å². The molecule has 2 aromatic rings. The molecule has 3 heterocycles. The maximum atomic E-state index is 12.8. The number of alkyl halides is 4. The van der Waals surface area contributed by atoms with Crippen molar-refractivity contribution in [2.24, 2.45) is 17.8 Å². The highest BCUT2D eigenvalue weighted by molar-refractivity contribution is 5.61. The molecule has 29 heavy (non-hydrogen) atoms. The van der Waals surface area contributed by atoms with Gasteiger partial charge in [0.25, 0.3) is 0 Å². The van der Waals surface area contributed by atoms with Crippen LogP contribution in [0, 0.1) is 17.8 Å². The van der Waals surface area contributed by atoms with Crippen molar-refractivity contribution in [2.45, 2.75) is 32.9 Å². The summed E-state index contributed by atoms with van der Waals surface area (Å²) in [4.78, 5) is 13.0. The summed E-state index contributed by atoms with van der Waals surface area (Å²) in [6.45, 7) is 6.93. The minimum absolute atomic E-state index is 0.167. The number of imidazole rings is 1. The second kappa shape index (κ2) is 8.69. The Kier molecular flexibility index (Phi) is 6.45. The van der Waals surface area contributed by atoms with E-state index >= 15 is 0 Å². The van der Waals surface area contributed by atoms with Crippen LogP contribution in [0.15, 0.2) is 18.5 Å². The molecule has 1 saturated heterocycles. The number of hydrogen-bond acceptors (Lipinski definition) is 4. The number of pyridine rings is 1. The lowest BCUT2D eigenvalue weighted by atomic mass is 10.1. The Morgan fingerprint density at radius 1 is 1.21 bits per heavy atom. The predicted molar refractivity (Wildman–Crippen MR) is 104 cm³/mol. The first-order valence-corrected chi connectivity index (χ1v) is 9.82. The molecule has 0 amide bonds. The van der Waals surface area contributed by atoms with Crippen molar-refractivity contribution < 1.29 is 17.6 Å². The van der Waals surface area contributed by atoms with Gasteiger partial charge >= 0.3 is 6.18 Å². The minimum atomic E-state index is -4.52. The topological polar surface area (TPSA) is 70.8 Å². The van der Waals surface area contributed by atoms with Crippen LogP contribution in [-0.4, -0.2) is 46.2 Å². The zero-order chi connectivity index (χ0) is 21.2. The van der Waals surface area contributed by atoms with Crippen molar-refractivity contribution in [3.8, 4) is 11.3 Å². The van der Waals surface area contributed by atoms with E-state index in [1.54, 1.807) is 0 Å². The average Bonchev–Trinajstić information content (AvgIpc) is 3.02. The lowest BCUT2D eigenvalue weighted by molar-refractivity contribution is -0.137. The molecule has 1 saturated carbocycles. The minimum Gasteiger partial charge on any atom is -0.383 e. The number of piperidine rings is 1. The van der Waals surface area contributed by atoms with Crippen LogP contribution >= 0.6 is 0 Å². The molecule has 2 atom stereocenters. The molecule has 0 spiro atoms. The monoisotopic (exact) mass is 413 g/mol. The SMILES string of the molecule is CC(C)Cc1ncc(-c2cnc(N)c(C(F)(F)F)c2)[nH]1.FCCN1CC2CC2C1. The first-order valence-electron chi connectivity index (χ1n) is 9.82. The lowest BCUT2D eigenvalue weighted by Gasteiger charge is -2.13. The quantitative estimate of drug-likeness (QED) is 0.722. The van der Waals surface area contributed by atoms with Gasteiger partial charge in [0, 0.05) is 37.8 Å². The molecule has 3 N–H and O–H groups in total. The number of hydrogen-bond donors (Lipinski definition) is 2. The van der Waals surface area contributed by atoms with Gasteiger partial charge in [-0.2, -0.15) is 13.2 Å². The van der Waals surface area contributed by atoms with Gasteiger partial charge in [0.05, 0.1) is 17.5 Å². The summed E-state index contributed by atoms with van der Waals surface area (Å²) in [5.41, 5.74) is 5.15. The van der Waals surface area contributed by atoms with E-state index < -0.39 is 17.6 Å². The highest BCUT2D eigenvalue weighted by Crippen LogP contribution is 2.44. The molecule has 2 fully saturated rings. The third-order valence-electron chi connectivity index (χ3n) is 5.22. The molecular weight excluding hydrogens is 386 g/mol. The summed E-state index contributed by atoms with van der Waals surface area (Å²) in [5.74, 6) is 2.53. The molecule has 4 rings (SSSR count). The normalized spacial score (nSPS) is 21.1. The number of likely N-dealkylation sites (tertiary alicyclic amines) is 1. The number of anilines is 1. The zero-order valence-corrected chi connectivity index (χ0v) is 16.6. The van der Waals surface area contributed by atoms with Crippen molar-refractivity contribution in [1.82, 2.24) is 19.9 Å². The first kappa shape index (κ1) is 21.5. The Bertz CT molecular complexity index is 807. The Labute approximate surface area is 167 Å². The summed E-state index contributed by atoms with van der Waals surface area (Å²) >= 11 is 0. The van der Waals surface area contributed by atoms with Crippen LogP contribution in [0.4, 0.5) is 23.4 Å². The highest BCUT2D eigenvalue weighted by Gasteiger charge is 2.44. The zero-order valence-electron chi connectivity index (χ0n) is 16.6. The summed E-state index contributed by atoms with van der Waals surface area (Å²) in [5, 5.41) is 0. The maximum absolute atomic E-state index is 12.8. The van der Waals surface area contributed by atoms with Crippen LogP contribution in [0.1, 0.15) is 31.7 Å². The molecule has 5 nitrogen and oxygen atoms in total. The molecule has 9 heteroatoms. The van der Waals surface area contributed by atoms with Crippen LogP contribution in [0.5, 0.6) is 0 Å². The van der Waals surface area contributed by atoms with Crippen LogP contribution in [0.25, 0.3) is 11.3 Å². The number of nitrogen functional groups attached to an aromatic ring is 1. The van der Waals surface area contributed by atoms with Gasteiger partial charge in [-0.15, -0.1) is 0 Å². The smallest absolute Gasteiger partial charge is 0.383 e. The van der Waals surface area contributed by atoms with Gasteiger partial charge in [0.2, 0.25) is 0 Å². The van der Waals surface area contributed by atoms with E-state index in [-0.39, 0.29) is 6.67 Å². The van der Waals surface area contributed by atoms with E-state index in [0.29, 0.717) is 23.7 Å². The average molecular weight is 413 g/mol. The second-order valence-electron chi connectivity index (χ2n) is 8.20. The Balaban J connectivity index is 0.000000220. The molecular formula is C20H27F4N5. The molecule has 0 radical (unpaired) electrons. The number of fused-ring (bicyclic) bond motifs is 1. The molecule has 0 bridgehead atoms. The Morgan fingerprint density at radius 3 is 2.48 bits per heavy atom. The number of aromatic nitrogens is 3. The third kappa shape index (κ3) is 5.68. The number of H-pyrrole nitrogens is 1. The van der Waals surface area contributed by atoms with E-state index in [4.69, 9.17) is 5.73 Å². The molecule has 0 aromatic carbocycles. The fourth-order valence-electron chi connectivity index (χ4n) is 3.65. The van der Waals surface area contributed by atoms with Gasteiger partial charge in [0.15, 0.2) is 0 Å². The van der Waals surface area contributed by atoms with Crippen molar-refractivity contribution in [3.63, 3.8) is 0 Å². The summed E-state index contributed by atoms with van der Waals surface area (Å²) < 4.78 is 50.1. The number of nitrogens with zero attached hydrogens (tertiary/aromatic N) is 3. The summed E-state index contributed by atoms with van der Waals surface area (Å²) in [6.07, 6.45) is 0.438. The number of rotatable bonds is 5. The van der Waals surface area contributed by atoms with Gasteiger partial charge < -0.3 is 15.6 Å². The van der Waals surface area contributed by atoms with Crippen molar-refractivity contribution >= 4 is 5.82 Å². The number of halogens is 4. The van der Waals surface area contributed by atoms with Crippen molar-refractivity contribution in [2.75, 3.05) is 32.0 Å². The van der Waals surface area contributed by atoms with E-state index in [0.717, 1.165) is 30.1 Å². The second-order valence-corrected chi connectivity index (χ2v) is 8.20. The number of nitrogens with one attached hydrogen (secondary N) is 1. The first-order chi connectivity index (χ1) is 13.7. The van der Waals surface area contributed by atoms with Crippen LogP contribution < -0.4 is 5.73 Å². The van der Waals surface area contributed by atoms with E-state index in [9.17, 15) is 17.6 Å². The molecule has 2 aliphatic rings. The standard InChI is InChI=1S/C13H15F3N4.C7H12FN/c1-7(2)3-11-18-6-10(20-11)8-4-9(13(14,15)16)12(17)19-5-8;8-1-2-9-4-6-3-7(6)5-9/h4-7H,3H2,1-2H3,(H2,17,19)(H,18,20);6-7H,1-5H2. The fourth-order valence-corrected chi connectivity index (χ4v) is 3.65. The van der Waals surface area contributed by atoms with Gasteiger partial charge in [0.1, 0.15) is 18.3 Å². The number of aromatic amines is 1. The summed E-state index contributed by atoms with van der Waals surface area (Å²) in [6, 6.07) is 0.981. The van der Waals surface area contributed by atoms with Crippen molar-refractivity contribution in [3.05, 3.63) is 29.8 Å². The van der Waals surface area contributed by atoms with Crippen LogP contribution in [-0.2, 0) is 12.6 Å². The highest BCUT2D eigenvalue weighted by atomic mass is 19.4. The largest absolute Gasteiger partial charge is 0.419 e. The van der Waals surface area contributed by atoms with Gasteiger partial charge in [-0.25, -0.2) is 14.4 Å². The number of nitrogens with two attached hydrogens (primary N) is 1. The molecule has 1 aliphatic carbocycles. The van der Waals surface area contributed by atoms with Crippen molar-refractivity contribution in [1.29, 1.82) is 0 Å². The van der Waals surface area contributed by atoms with E-state index in [1.807, 2.05) is 13.8 Å². The van der Waals surface area contributed by atoms with Gasteiger partial charge in [-0.3, -0.25) is 0 Å². The van der Waals surface area contributed by atoms with Crippen LogP contribution in [0.2, 0.25) is 0 Å². The third-order valence-corrected chi connectivity index (χ3v) is 5.22. The summed E-state index contributed by atoms with van der Waals surface area (Å²) in [7, 11) is 0. The molecule has 2 aromatic heterocycles. The molecule has 160 valence electrons. The van der Waals surface area contributed by atoms with E-state index in [1.165, 1.54) is 31.9 Å². The predicted octanol–water partition coefficient (Wildman–Crippen LogP) is 4.18.